The van der Waals surface area contributed by atoms with Crippen LogP contribution in [-0.4, -0.2) is 0 Å². The summed E-state index contributed by atoms with van der Waals surface area (Å²) in [6.45, 7) is 4.35. The molecule has 0 N–H and O–H groups in total. The Morgan fingerprint density at radius 3 is 2.45 bits per heavy atom. The molecular weight excluding hydrogens is 132 g/mol. The third-order valence-electron chi connectivity index (χ3n) is 1.13. The van der Waals surface area contributed by atoms with Crippen molar-refractivity contribution in [1.29, 1.82) is 0 Å². The first-order chi connectivity index (χ1) is 5.27. The zero-order chi connectivity index (χ0) is 8.53. The van der Waals surface area contributed by atoms with Crippen molar-refractivity contribution in [3.63, 3.8) is 0 Å². The first-order valence-electron chi connectivity index (χ1n) is 3.71. The van der Waals surface area contributed by atoms with Crippen molar-refractivity contribution in [2.45, 2.75) is 26.7 Å². The molecule has 0 heterocycles. The van der Waals surface area contributed by atoms with E-state index in [-0.39, 0.29) is 0 Å². The smallest absolute Gasteiger partial charge is 0.0101 e. The van der Waals surface area contributed by atoms with Crippen LogP contribution in [0.5, 0.6) is 0 Å². The normalized spacial score (nSPS) is 7.09. The number of rotatable bonds is 2. The minimum Gasteiger partial charge on any atom is -0.106 e. The minimum absolute atomic E-state index is 0.713. The van der Waals surface area contributed by atoms with Crippen molar-refractivity contribution in [1.82, 2.24) is 0 Å². The molecule has 0 bridgehead atoms. The van der Waals surface area contributed by atoms with E-state index in [9.17, 15) is 0 Å². The second-order valence-electron chi connectivity index (χ2n) is 2.63. The zero-order valence-electron chi connectivity index (χ0n) is 7.07. The van der Waals surface area contributed by atoms with Gasteiger partial charge in [0.15, 0.2) is 0 Å². The fraction of sp³-hybridized carbons (Fsp3) is 0.455. The second-order valence-corrected chi connectivity index (χ2v) is 2.63. The lowest BCUT2D eigenvalue weighted by Gasteiger charge is -1.95. The molecule has 0 aromatic carbocycles. The molecule has 56 valence electrons. The molecule has 0 amide bonds. The summed E-state index contributed by atoms with van der Waals surface area (Å²) >= 11 is 0. The molecule has 0 radical (unpaired) electrons. The van der Waals surface area contributed by atoms with Crippen molar-refractivity contribution in [2.75, 3.05) is 0 Å². The van der Waals surface area contributed by atoms with Crippen LogP contribution >= 0.6 is 0 Å². The van der Waals surface area contributed by atoms with Gasteiger partial charge in [-0.2, -0.15) is 0 Å². The Kier molecular flexibility index (Phi) is 5.98. The number of hydrogen-bond donors (Lipinski definition) is 0. The maximum atomic E-state index is 4.90. The van der Waals surface area contributed by atoms with E-state index >= 15 is 0 Å². The molecule has 0 heteroatoms. The van der Waals surface area contributed by atoms with E-state index in [0.717, 1.165) is 12.8 Å². The molecule has 0 rings (SSSR count). The Hall–Kier alpha value is -1.32. The molecule has 0 unspecified atom stereocenters. The molecule has 0 aromatic heterocycles. The highest BCUT2D eigenvalue weighted by atomic mass is 13.9. The number of hydrogen-bond acceptors (Lipinski definition) is 0. The van der Waals surface area contributed by atoms with Gasteiger partial charge in [-0.1, -0.05) is 19.8 Å². The lowest BCUT2D eigenvalue weighted by atomic mass is 10.1. The van der Waals surface area contributed by atoms with Gasteiger partial charge in [-0.15, -0.1) is 6.42 Å². The van der Waals surface area contributed by atoms with Crippen molar-refractivity contribution in [3.8, 4) is 36.0 Å². The quantitative estimate of drug-likeness (QED) is 0.520. The van der Waals surface area contributed by atoms with Crippen LogP contribution in [0.15, 0.2) is 0 Å². The summed E-state index contributed by atoms with van der Waals surface area (Å²) in [5.74, 6) is 13.5. The third-order valence-corrected chi connectivity index (χ3v) is 1.13. The van der Waals surface area contributed by atoms with E-state index in [1.54, 1.807) is 0 Å². The largest absolute Gasteiger partial charge is 0.106 e. The molecule has 0 atom stereocenters. The summed E-state index contributed by atoms with van der Waals surface area (Å²) in [6.07, 6.45) is 6.94. The van der Waals surface area contributed by atoms with Crippen LogP contribution in [0, 0.1) is 41.9 Å². The summed E-state index contributed by atoms with van der Waals surface area (Å²) in [5, 5.41) is 0. The fourth-order valence-electron chi connectivity index (χ4n) is 0.535. The van der Waals surface area contributed by atoms with Gasteiger partial charge in [0.25, 0.3) is 0 Å². The SMILES string of the molecule is C#CC#CC#CCCC(C)C. The van der Waals surface area contributed by atoms with Crippen molar-refractivity contribution in [2.24, 2.45) is 5.92 Å². The Labute approximate surface area is 69.4 Å². The van der Waals surface area contributed by atoms with Crippen LogP contribution in [0.4, 0.5) is 0 Å². The molecule has 0 aliphatic carbocycles. The summed E-state index contributed by atoms with van der Waals surface area (Å²) in [7, 11) is 0. The van der Waals surface area contributed by atoms with E-state index in [0.29, 0.717) is 5.92 Å². The van der Waals surface area contributed by atoms with Crippen LogP contribution in [0.1, 0.15) is 26.7 Å². The molecule has 0 aliphatic heterocycles. The fourth-order valence-corrected chi connectivity index (χ4v) is 0.535. The van der Waals surface area contributed by atoms with Gasteiger partial charge in [-0.3, -0.25) is 0 Å². The van der Waals surface area contributed by atoms with Gasteiger partial charge in [0, 0.05) is 6.42 Å². The molecular formula is C11H12. The summed E-state index contributed by atoms with van der Waals surface area (Å²) in [6, 6.07) is 0. The van der Waals surface area contributed by atoms with Gasteiger partial charge in [0.2, 0.25) is 0 Å². The van der Waals surface area contributed by atoms with Gasteiger partial charge >= 0.3 is 0 Å². The lowest BCUT2D eigenvalue weighted by molar-refractivity contribution is 0.600. The minimum atomic E-state index is 0.713. The zero-order valence-corrected chi connectivity index (χ0v) is 7.07. The maximum Gasteiger partial charge on any atom is 0.0101 e. The summed E-state index contributed by atoms with van der Waals surface area (Å²) in [5.41, 5.74) is 0. The predicted molar refractivity (Wildman–Crippen MR) is 48.5 cm³/mol. The average Bonchev–Trinajstić information content (AvgIpc) is 1.96. The van der Waals surface area contributed by atoms with Gasteiger partial charge in [-0.25, -0.2) is 0 Å². The number of terminal acetylenes is 1. The Balaban J connectivity index is 3.51. The molecule has 0 aromatic rings. The van der Waals surface area contributed by atoms with Gasteiger partial charge in [0.05, 0.1) is 0 Å². The van der Waals surface area contributed by atoms with Crippen LogP contribution in [0.25, 0.3) is 0 Å². The van der Waals surface area contributed by atoms with E-state index < -0.39 is 0 Å². The van der Waals surface area contributed by atoms with Crippen LogP contribution < -0.4 is 0 Å². The summed E-state index contributed by atoms with van der Waals surface area (Å²) < 4.78 is 0. The Morgan fingerprint density at radius 2 is 1.91 bits per heavy atom. The first-order valence-corrected chi connectivity index (χ1v) is 3.71. The Morgan fingerprint density at radius 1 is 1.18 bits per heavy atom. The van der Waals surface area contributed by atoms with E-state index in [1.807, 2.05) is 0 Å². The van der Waals surface area contributed by atoms with Crippen LogP contribution in [-0.2, 0) is 0 Å². The molecule has 0 saturated carbocycles. The molecule has 11 heavy (non-hydrogen) atoms. The van der Waals surface area contributed by atoms with E-state index in [4.69, 9.17) is 6.42 Å². The molecule has 0 spiro atoms. The molecule has 0 aliphatic rings. The monoisotopic (exact) mass is 144 g/mol. The van der Waals surface area contributed by atoms with Crippen molar-refractivity contribution >= 4 is 0 Å². The second kappa shape index (κ2) is 6.80. The average molecular weight is 144 g/mol. The topological polar surface area (TPSA) is 0 Å². The van der Waals surface area contributed by atoms with Crippen molar-refractivity contribution < 1.29 is 0 Å². The maximum absolute atomic E-state index is 4.90. The van der Waals surface area contributed by atoms with Crippen molar-refractivity contribution in [3.05, 3.63) is 0 Å². The predicted octanol–water partition coefficient (Wildman–Crippen LogP) is 2.06. The Bertz CT molecular complexity index is 242. The van der Waals surface area contributed by atoms with Crippen LogP contribution in [0.3, 0.4) is 0 Å². The van der Waals surface area contributed by atoms with Gasteiger partial charge in [0.1, 0.15) is 0 Å². The molecule has 0 nitrogen and oxygen atoms in total. The molecule has 0 fully saturated rings. The third kappa shape index (κ3) is 8.68. The summed E-state index contributed by atoms with van der Waals surface area (Å²) in [4.78, 5) is 0. The highest BCUT2D eigenvalue weighted by Crippen LogP contribution is 2.00. The molecule has 0 saturated heterocycles. The lowest BCUT2D eigenvalue weighted by Crippen LogP contribution is -1.83. The van der Waals surface area contributed by atoms with Gasteiger partial charge in [-0.05, 0) is 36.0 Å². The highest BCUT2D eigenvalue weighted by Gasteiger charge is 1.88. The highest BCUT2D eigenvalue weighted by molar-refractivity contribution is 5.33. The van der Waals surface area contributed by atoms with Gasteiger partial charge < -0.3 is 0 Å². The standard InChI is InChI=1S/C11H12/c1-4-5-6-7-8-9-10-11(2)3/h1,11H,9-10H2,2-3H3. The van der Waals surface area contributed by atoms with Crippen LogP contribution in [0.2, 0.25) is 0 Å². The van der Waals surface area contributed by atoms with E-state index in [2.05, 4.69) is 43.4 Å². The van der Waals surface area contributed by atoms with E-state index in [1.165, 1.54) is 0 Å². The first kappa shape index (κ1) is 9.68.